The summed E-state index contributed by atoms with van der Waals surface area (Å²) in [4.78, 5) is 14.8. The van der Waals surface area contributed by atoms with Gasteiger partial charge in [0.25, 0.3) is 5.91 Å². The monoisotopic (exact) mass is 349 g/mol. The van der Waals surface area contributed by atoms with Gasteiger partial charge in [-0.25, -0.2) is 0 Å². The summed E-state index contributed by atoms with van der Waals surface area (Å²) in [5, 5.41) is 3.21. The van der Waals surface area contributed by atoms with Crippen molar-refractivity contribution in [1.29, 1.82) is 0 Å². The smallest absolute Gasteiger partial charge is 0.275 e. The topological polar surface area (TPSA) is 33.5 Å². The number of aryl methyl sites for hydroxylation is 1. The Labute approximate surface area is 146 Å². The Morgan fingerprint density at radius 2 is 2.17 bits per heavy atom. The van der Waals surface area contributed by atoms with Crippen molar-refractivity contribution >= 4 is 28.8 Å². The largest absolute Gasteiger partial charge is 0.344 e. The summed E-state index contributed by atoms with van der Waals surface area (Å²) in [5.41, 5.74) is 2.66. The molecule has 0 aliphatic heterocycles. The second-order valence-electron chi connectivity index (χ2n) is 6.23. The van der Waals surface area contributed by atoms with Gasteiger partial charge in [0.15, 0.2) is 6.54 Å². The van der Waals surface area contributed by atoms with Crippen LogP contribution in [-0.2, 0) is 17.8 Å². The first-order valence-corrected chi connectivity index (χ1v) is 9.24. The van der Waals surface area contributed by atoms with Crippen molar-refractivity contribution in [2.45, 2.75) is 31.8 Å². The highest BCUT2D eigenvalue weighted by Crippen LogP contribution is 2.29. The molecule has 0 saturated heterocycles. The van der Waals surface area contributed by atoms with Crippen LogP contribution in [0.1, 0.15) is 34.9 Å². The molecule has 1 unspecified atom stereocenters. The maximum Gasteiger partial charge on any atom is 0.275 e. The number of hydrogen-bond acceptors (Lipinski definition) is 2. The van der Waals surface area contributed by atoms with Crippen molar-refractivity contribution in [1.82, 2.24) is 5.32 Å². The van der Waals surface area contributed by atoms with Gasteiger partial charge in [-0.05, 0) is 42.5 Å². The molecular formula is C18H22ClN2OS+. The van der Waals surface area contributed by atoms with Crippen LogP contribution in [0.15, 0.2) is 36.4 Å². The van der Waals surface area contributed by atoms with Crippen molar-refractivity contribution in [2.24, 2.45) is 0 Å². The lowest BCUT2D eigenvalue weighted by Gasteiger charge is -2.26. The maximum absolute atomic E-state index is 12.4. The van der Waals surface area contributed by atoms with E-state index in [4.69, 9.17) is 11.6 Å². The molecule has 0 bridgehead atoms. The van der Waals surface area contributed by atoms with Gasteiger partial charge in [-0.1, -0.05) is 35.9 Å². The van der Waals surface area contributed by atoms with Crippen LogP contribution >= 0.6 is 22.9 Å². The number of quaternary nitrogens is 1. The summed E-state index contributed by atoms with van der Waals surface area (Å²) in [7, 11) is 2.04. The molecule has 0 radical (unpaired) electrons. The van der Waals surface area contributed by atoms with E-state index in [-0.39, 0.29) is 11.9 Å². The molecule has 23 heavy (non-hydrogen) atoms. The fraction of sp³-hybridized carbons (Fsp3) is 0.389. The van der Waals surface area contributed by atoms with Crippen LogP contribution in [0.2, 0.25) is 4.34 Å². The van der Waals surface area contributed by atoms with E-state index in [9.17, 15) is 4.79 Å². The minimum absolute atomic E-state index is 0.117. The highest BCUT2D eigenvalue weighted by molar-refractivity contribution is 7.16. The molecule has 1 amide bonds. The fourth-order valence-corrected chi connectivity index (χ4v) is 4.43. The summed E-state index contributed by atoms with van der Waals surface area (Å²) in [6.45, 7) is 1.31. The predicted octanol–water partition coefficient (Wildman–Crippen LogP) is 2.61. The van der Waals surface area contributed by atoms with E-state index in [0.29, 0.717) is 6.54 Å². The van der Waals surface area contributed by atoms with Crippen LogP contribution < -0.4 is 10.2 Å². The molecule has 5 heteroatoms. The summed E-state index contributed by atoms with van der Waals surface area (Å²) < 4.78 is 0.802. The van der Waals surface area contributed by atoms with Gasteiger partial charge in [-0.3, -0.25) is 4.79 Å². The zero-order valence-electron chi connectivity index (χ0n) is 13.3. The average molecular weight is 350 g/mol. The van der Waals surface area contributed by atoms with Crippen molar-refractivity contribution in [3.05, 3.63) is 56.7 Å². The molecule has 2 atom stereocenters. The number of rotatable bonds is 5. The third kappa shape index (κ3) is 4.34. The van der Waals surface area contributed by atoms with E-state index in [2.05, 4.69) is 29.6 Å². The number of carbonyl (C=O) groups is 1. The second-order valence-corrected chi connectivity index (χ2v) is 8.03. The molecule has 1 aliphatic rings. The molecule has 0 fully saturated rings. The SMILES string of the molecule is C[NH+](CC(=O)N[C@H]1CCCc2ccccc21)Cc1ccc(Cl)s1. The molecule has 0 saturated carbocycles. The van der Waals surface area contributed by atoms with Crippen LogP contribution in [0.5, 0.6) is 0 Å². The Morgan fingerprint density at radius 1 is 1.35 bits per heavy atom. The van der Waals surface area contributed by atoms with E-state index < -0.39 is 0 Å². The highest BCUT2D eigenvalue weighted by atomic mass is 35.5. The summed E-state index contributed by atoms with van der Waals surface area (Å²) in [6, 6.07) is 12.6. The van der Waals surface area contributed by atoms with Crippen LogP contribution in [0.3, 0.4) is 0 Å². The number of amides is 1. The molecule has 1 aromatic carbocycles. The second kappa shape index (κ2) is 7.47. The van der Waals surface area contributed by atoms with Crippen molar-refractivity contribution in [3.8, 4) is 0 Å². The standard InChI is InChI=1S/C18H21ClN2OS/c1-21(11-14-9-10-17(19)23-14)12-18(22)20-16-8-4-6-13-5-2-3-7-15(13)16/h2-3,5,7,9-10,16H,4,6,8,11-12H2,1H3,(H,20,22)/p+1/t16-/m0/s1. The first kappa shape index (κ1) is 16.5. The van der Waals surface area contributed by atoms with Crippen molar-refractivity contribution < 1.29 is 9.69 Å². The molecule has 3 rings (SSSR count). The first-order valence-electron chi connectivity index (χ1n) is 8.04. The van der Waals surface area contributed by atoms with Crippen molar-refractivity contribution in [3.63, 3.8) is 0 Å². The van der Waals surface area contributed by atoms with E-state index in [0.717, 1.165) is 30.1 Å². The maximum atomic E-state index is 12.4. The van der Waals surface area contributed by atoms with Gasteiger partial charge in [0.05, 0.1) is 22.3 Å². The molecule has 0 spiro atoms. The van der Waals surface area contributed by atoms with Gasteiger partial charge in [0.2, 0.25) is 0 Å². The van der Waals surface area contributed by atoms with Gasteiger partial charge in [0, 0.05) is 0 Å². The first-order chi connectivity index (χ1) is 11.1. The molecule has 3 nitrogen and oxygen atoms in total. The van der Waals surface area contributed by atoms with Gasteiger partial charge < -0.3 is 10.2 Å². The number of fused-ring (bicyclic) bond motifs is 1. The Bertz CT molecular complexity index is 685. The Kier molecular flexibility index (Phi) is 5.36. The molecular weight excluding hydrogens is 328 g/mol. The number of halogens is 1. The highest BCUT2D eigenvalue weighted by Gasteiger charge is 2.22. The minimum Gasteiger partial charge on any atom is -0.344 e. The molecule has 1 aromatic heterocycles. The van der Waals surface area contributed by atoms with Crippen LogP contribution in [0, 0.1) is 0 Å². The zero-order valence-corrected chi connectivity index (χ0v) is 14.8. The molecule has 122 valence electrons. The lowest BCUT2D eigenvalue weighted by atomic mass is 9.88. The number of likely N-dealkylation sites (N-methyl/N-ethyl adjacent to an activating group) is 1. The van der Waals surface area contributed by atoms with E-state index in [1.54, 1.807) is 11.3 Å². The predicted molar refractivity (Wildman–Crippen MR) is 95.1 cm³/mol. The molecule has 1 heterocycles. The summed E-state index contributed by atoms with van der Waals surface area (Å²) in [5.74, 6) is 0.117. The Morgan fingerprint density at radius 3 is 2.96 bits per heavy atom. The molecule has 2 aromatic rings. The third-order valence-corrected chi connectivity index (χ3v) is 5.50. The van der Waals surface area contributed by atoms with Gasteiger partial charge in [0.1, 0.15) is 6.54 Å². The zero-order chi connectivity index (χ0) is 16.2. The Hall–Kier alpha value is -1.36. The lowest BCUT2D eigenvalue weighted by molar-refractivity contribution is -0.885. The van der Waals surface area contributed by atoms with Crippen LogP contribution in [0.25, 0.3) is 0 Å². The quantitative estimate of drug-likeness (QED) is 0.854. The van der Waals surface area contributed by atoms with Crippen LogP contribution in [0.4, 0.5) is 0 Å². The number of nitrogens with one attached hydrogen (secondary N) is 2. The minimum atomic E-state index is 0.117. The normalized spacial score (nSPS) is 18.3. The number of thiophene rings is 1. The van der Waals surface area contributed by atoms with Gasteiger partial charge in [-0.2, -0.15) is 0 Å². The fourth-order valence-electron chi connectivity index (χ4n) is 3.23. The van der Waals surface area contributed by atoms with Crippen LogP contribution in [-0.4, -0.2) is 19.5 Å². The molecule has 1 aliphatic carbocycles. The Balaban J connectivity index is 1.55. The van der Waals surface area contributed by atoms with E-state index in [1.807, 2.05) is 19.2 Å². The average Bonchev–Trinajstić information content (AvgIpc) is 2.92. The third-order valence-electron chi connectivity index (χ3n) is 4.27. The van der Waals surface area contributed by atoms with Gasteiger partial charge in [-0.15, -0.1) is 11.3 Å². The molecule has 2 N–H and O–H groups in total. The number of hydrogen-bond donors (Lipinski definition) is 2. The summed E-state index contributed by atoms with van der Waals surface area (Å²) in [6.07, 6.45) is 3.29. The van der Waals surface area contributed by atoms with E-state index >= 15 is 0 Å². The number of benzene rings is 1. The van der Waals surface area contributed by atoms with Gasteiger partial charge >= 0.3 is 0 Å². The van der Waals surface area contributed by atoms with E-state index in [1.165, 1.54) is 20.9 Å². The number of carbonyl (C=O) groups excluding carboxylic acids is 1. The van der Waals surface area contributed by atoms with Crippen molar-refractivity contribution in [2.75, 3.05) is 13.6 Å². The lowest BCUT2D eigenvalue weighted by Crippen LogP contribution is -3.08. The summed E-state index contributed by atoms with van der Waals surface area (Å²) >= 11 is 7.54.